The van der Waals surface area contributed by atoms with E-state index in [1.165, 1.54) is 12.3 Å². The molecule has 1 aliphatic carbocycles. The summed E-state index contributed by atoms with van der Waals surface area (Å²) in [5, 5.41) is 11.8. The second kappa shape index (κ2) is 2.94. The molecule has 1 aromatic rings. The van der Waals surface area contributed by atoms with Gasteiger partial charge in [0.1, 0.15) is 0 Å². The minimum Gasteiger partial charge on any atom is -0.477 e. The normalized spacial score (nSPS) is 17.5. The van der Waals surface area contributed by atoms with Crippen LogP contribution in [0.5, 0.6) is 0 Å². The summed E-state index contributed by atoms with van der Waals surface area (Å²) in [5.41, 5.74) is 0.0867. The monoisotopic (exact) mass is 193 g/mol. The molecule has 5 heteroatoms. The van der Waals surface area contributed by atoms with Crippen molar-refractivity contribution in [2.75, 3.05) is 5.32 Å². The van der Waals surface area contributed by atoms with E-state index < -0.39 is 5.97 Å². The number of anilines is 1. The first-order chi connectivity index (χ1) is 6.59. The van der Waals surface area contributed by atoms with Crippen molar-refractivity contribution in [2.45, 2.75) is 25.3 Å². The third-order valence-electron chi connectivity index (χ3n) is 2.29. The molecule has 0 bridgehead atoms. The average Bonchev–Trinajstić information content (AvgIpc) is 2.83. The summed E-state index contributed by atoms with van der Waals surface area (Å²) in [7, 11) is 0. The quantitative estimate of drug-likeness (QED) is 0.752. The van der Waals surface area contributed by atoms with Crippen LogP contribution in [0.3, 0.4) is 0 Å². The standard InChI is InChI=1S/C9H11N3O2/c1-9(3-4-9)12-8-10-5-2-6(11-8)7(13)14/h2,5H,3-4H2,1H3,(H,13,14)(H,10,11,12). The second-order valence-electron chi connectivity index (χ2n) is 3.76. The van der Waals surface area contributed by atoms with Crippen LogP contribution in [0.4, 0.5) is 5.95 Å². The van der Waals surface area contributed by atoms with Gasteiger partial charge in [-0.05, 0) is 25.8 Å². The molecule has 2 N–H and O–H groups in total. The number of nitrogens with one attached hydrogen (secondary N) is 1. The van der Waals surface area contributed by atoms with E-state index in [-0.39, 0.29) is 11.2 Å². The van der Waals surface area contributed by atoms with E-state index in [4.69, 9.17) is 5.11 Å². The van der Waals surface area contributed by atoms with E-state index in [1.54, 1.807) is 0 Å². The van der Waals surface area contributed by atoms with Crippen molar-refractivity contribution in [3.63, 3.8) is 0 Å². The number of rotatable bonds is 3. The number of hydrogen-bond acceptors (Lipinski definition) is 4. The Morgan fingerprint density at radius 2 is 2.36 bits per heavy atom. The Balaban J connectivity index is 2.17. The van der Waals surface area contributed by atoms with Crippen molar-refractivity contribution in [3.8, 4) is 0 Å². The maximum absolute atomic E-state index is 10.6. The summed E-state index contributed by atoms with van der Waals surface area (Å²) in [6.45, 7) is 2.06. The van der Waals surface area contributed by atoms with Crippen LogP contribution in [0.2, 0.25) is 0 Å². The van der Waals surface area contributed by atoms with Crippen molar-refractivity contribution >= 4 is 11.9 Å². The van der Waals surface area contributed by atoms with E-state index in [0.717, 1.165) is 12.8 Å². The van der Waals surface area contributed by atoms with Crippen LogP contribution in [0.1, 0.15) is 30.3 Å². The summed E-state index contributed by atoms with van der Waals surface area (Å²) in [5.74, 6) is -0.638. The number of aromatic nitrogens is 2. The number of hydrogen-bond donors (Lipinski definition) is 2. The van der Waals surface area contributed by atoms with E-state index in [2.05, 4.69) is 22.2 Å². The molecular weight excluding hydrogens is 182 g/mol. The molecule has 0 amide bonds. The first-order valence-corrected chi connectivity index (χ1v) is 4.44. The van der Waals surface area contributed by atoms with Gasteiger partial charge in [0.15, 0.2) is 5.69 Å². The van der Waals surface area contributed by atoms with Crippen LogP contribution in [-0.4, -0.2) is 26.6 Å². The van der Waals surface area contributed by atoms with Crippen LogP contribution in [0, 0.1) is 0 Å². The average molecular weight is 193 g/mol. The summed E-state index contributed by atoms with van der Waals surface area (Å²) in [4.78, 5) is 18.5. The lowest BCUT2D eigenvalue weighted by Crippen LogP contribution is -2.18. The number of carboxylic acids is 1. The first-order valence-electron chi connectivity index (χ1n) is 4.44. The van der Waals surface area contributed by atoms with Gasteiger partial charge in [0.25, 0.3) is 0 Å². The molecule has 14 heavy (non-hydrogen) atoms. The molecular formula is C9H11N3O2. The molecule has 0 aliphatic heterocycles. The molecule has 0 aromatic carbocycles. The Labute approximate surface area is 81.2 Å². The first kappa shape index (κ1) is 8.93. The highest BCUT2D eigenvalue weighted by Gasteiger charge is 2.37. The van der Waals surface area contributed by atoms with Gasteiger partial charge in [-0.2, -0.15) is 0 Å². The Kier molecular flexibility index (Phi) is 1.87. The number of aromatic carboxylic acids is 1. The van der Waals surface area contributed by atoms with Gasteiger partial charge in [-0.3, -0.25) is 0 Å². The molecule has 1 aromatic heterocycles. The molecule has 0 radical (unpaired) electrons. The van der Waals surface area contributed by atoms with Crippen LogP contribution >= 0.6 is 0 Å². The highest BCUT2D eigenvalue weighted by molar-refractivity contribution is 5.85. The molecule has 1 aliphatic rings. The van der Waals surface area contributed by atoms with E-state index in [1.807, 2.05) is 0 Å². The zero-order chi connectivity index (χ0) is 10.2. The van der Waals surface area contributed by atoms with E-state index in [9.17, 15) is 4.79 Å². The summed E-state index contributed by atoms with van der Waals surface area (Å²) in [6, 6.07) is 1.38. The molecule has 1 fully saturated rings. The molecule has 5 nitrogen and oxygen atoms in total. The lowest BCUT2D eigenvalue weighted by atomic mass is 10.3. The highest BCUT2D eigenvalue weighted by Crippen LogP contribution is 2.37. The van der Waals surface area contributed by atoms with E-state index in [0.29, 0.717) is 5.95 Å². The van der Waals surface area contributed by atoms with Gasteiger partial charge in [-0.25, -0.2) is 14.8 Å². The third kappa shape index (κ3) is 1.81. The number of nitrogens with zero attached hydrogens (tertiary/aromatic N) is 2. The number of carboxylic acid groups (broad SMARTS) is 1. The van der Waals surface area contributed by atoms with Crippen molar-refractivity contribution < 1.29 is 9.90 Å². The second-order valence-corrected chi connectivity index (χ2v) is 3.76. The van der Waals surface area contributed by atoms with E-state index >= 15 is 0 Å². The summed E-state index contributed by atoms with van der Waals surface area (Å²) >= 11 is 0. The van der Waals surface area contributed by atoms with Crippen LogP contribution < -0.4 is 5.32 Å². The zero-order valence-electron chi connectivity index (χ0n) is 7.82. The largest absolute Gasteiger partial charge is 0.477 e. The molecule has 0 saturated heterocycles. The van der Waals surface area contributed by atoms with Crippen molar-refractivity contribution in [3.05, 3.63) is 18.0 Å². The van der Waals surface area contributed by atoms with Gasteiger partial charge in [-0.15, -0.1) is 0 Å². The summed E-state index contributed by atoms with van der Waals surface area (Å²) < 4.78 is 0. The van der Waals surface area contributed by atoms with Gasteiger partial charge >= 0.3 is 5.97 Å². The number of carbonyl (C=O) groups is 1. The van der Waals surface area contributed by atoms with Gasteiger partial charge < -0.3 is 10.4 Å². The fourth-order valence-electron chi connectivity index (χ4n) is 1.12. The maximum atomic E-state index is 10.6. The zero-order valence-corrected chi connectivity index (χ0v) is 7.82. The highest BCUT2D eigenvalue weighted by atomic mass is 16.4. The fraction of sp³-hybridized carbons (Fsp3) is 0.444. The topological polar surface area (TPSA) is 75.1 Å². The molecule has 1 saturated carbocycles. The summed E-state index contributed by atoms with van der Waals surface area (Å²) in [6.07, 6.45) is 3.60. The Hall–Kier alpha value is -1.65. The van der Waals surface area contributed by atoms with Gasteiger partial charge in [0, 0.05) is 11.7 Å². The van der Waals surface area contributed by atoms with Gasteiger partial charge in [0.2, 0.25) is 5.95 Å². The lowest BCUT2D eigenvalue weighted by Gasteiger charge is -2.10. The van der Waals surface area contributed by atoms with Crippen molar-refractivity contribution in [1.29, 1.82) is 0 Å². The van der Waals surface area contributed by atoms with Gasteiger partial charge in [0.05, 0.1) is 0 Å². The SMILES string of the molecule is CC1(Nc2nccc(C(=O)O)n2)CC1. The molecule has 0 unspecified atom stereocenters. The predicted octanol–water partition coefficient (Wildman–Crippen LogP) is 1.14. The fourth-order valence-corrected chi connectivity index (χ4v) is 1.12. The minimum absolute atomic E-state index is 0.0201. The molecule has 0 spiro atoms. The predicted molar refractivity (Wildman–Crippen MR) is 50.3 cm³/mol. The van der Waals surface area contributed by atoms with Crippen molar-refractivity contribution in [2.24, 2.45) is 0 Å². The van der Waals surface area contributed by atoms with Crippen LogP contribution in [0.25, 0.3) is 0 Å². The van der Waals surface area contributed by atoms with Gasteiger partial charge in [-0.1, -0.05) is 0 Å². The third-order valence-corrected chi connectivity index (χ3v) is 2.29. The Morgan fingerprint density at radius 1 is 1.64 bits per heavy atom. The Morgan fingerprint density at radius 3 is 2.93 bits per heavy atom. The van der Waals surface area contributed by atoms with Crippen molar-refractivity contribution in [1.82, 2.24) is 9.97 Å². The molecule has 74 valence electrons. The molecule has 0 atom stereocenters. The lowest BCUT2D eigenvalue weighted by molar-refractivity contribution is 0.0690. The molecule has 1 heterocycles. The smallest absolute Gasteiger partial charge is 0.354 e. The minimum atomic E-state index is -1.03. The Bertz CT molecular complexity index is 374. The van der Waals surface area contributed by atoms with Crippen LogP contribution in [0.15, 0.2) is 12.3 Å². The maximum Gasteiger partial charge on any atom is 0.354 e. The van der Waals surface area contributed by atoms with Crippen LogP contribution in [-0.2, 0) is 0 Å². The molecule has 2 rings (SSSR count).